The van der Waals surface area contributed by atoms with E-state index in [9.17, 15) is 13.0 Å². The standard InChI is InChI=1S/CH3F2NOS/c2-1(3)6(4)5/h1H,4H2. The van der Waals surface area contributed by atoms with Crippen LogP contribution in [-0.4, -0.2) is 9.97 Å². The second-order valence-corrected chi connectivity index (χ2v) is 1.60. The van der Waals surface area contributed by atoms with Crippen molar-refractivity contribution in [3.8, 4) is 0 Å². The van der Waals surface area contributed by atoms with Gasteiger partial charge in [0, 0.05) is 0 Å². The molecule has 0 aromatic heterocycles. The van der Waals surface area contributed by atoms with Crippen molar-refractivity contribution in [3.63, 3.8) is 0 Å². The second-order valence-electron chi connectivity index (χ2n) is 0.589. The minimum absolute atomic E-state index is 2.45. The Balaban J connectivity index is 3.26. The molecule has 0 rings (SSSR count). The van der Waals surface area contributed by atoms with Crippen LogP contribution in [0.2, 0.25) is 0 Å². The number of nitrogens with two attached hydrogens (primary N) is 1. The Labute approximate surface area is 35.9 Å². The molecule has 0 heterocycles. The summed E-state index contributed by atoms with van der Waals surface area (Å²) in [6.07, 6.45) is 0. The van der Waals surface area contributed by atoms with Gasteiger partial charge >= 0.3 is 5.76 Å². The minimum atomic E-state index is -2.90. The first-order valence-electron chi connectivity index (χ1n) is 1.07. The van der Waals surface area contributed by atoms with Gasteiger partial charge in [0.15, 0.2) is 11.0 Å². The third-order valence-electron chi connectivity index (χ3n) is 0.176. The molecule has 2 N–H and O–H groups in total. The molecule has 0 amide bonds. The smallest absolute Gasteiger partial charge is 0.247 e. The molecule has 5 heteroatoms. The Hall–Kier alpha value is -0.0300. The van der Waals surface area contributed by atoms with E-state index in [4.69, 9.17) is 0 Å². The lowest BCUT2D eigenvalue weighted by atomic mass is 11.7. The molecule has 0 bridgehead atoms. The van der Waals surface area contributed by atoms with Crippen molar-refractivity contribution in [2.24, 2.45) is 5.14 Å². The van der Waals surface area contributed by atoms with Crippen LogP contribution in [0.1, 0.15) is 0 Å². The Morgan fingerprint density at radius 1 is 1.67 bits per heavy atom. The normalized spacial score (nSPS) is 15.3. The summed E-state index contributed by atoms with van der Waals surface area (Å²) >= 11 is 0. The first kappa shape index (κ1) is 5.97. The molecule has 1 unspecified atom stereocenters. The molecule has 0 fully saturated rings. The summed E-state index contributed by atoms with van der Waals surface area (Å²) in [5.41, 5.74) is 0. The van der Waals surface area contributed by atoms with Crippen LogP contribution < -0.4 is 5.14 Å². The first-order chi connectivity index (χ1) is 2.64. The van der Waals surface area contributed by atoms with Crippen LogP contribution in [-0.2, 0) is 11.0 Å². The lowest BCUT2D eigenvalue weighted by Gasteiger charge is -1.84. The zero-order valence-electron chi connectivity index (χ0n) is 2.73. The number of rotatable bonds is 1. The lowest BCUT2D eigenvalue weighted by Crippen LogP contribution is -2.11. The third-order valence-corrected chi connectivity index (χ3v) is 0.527. The summed E-state index contributed by atoms with van der Waals surface area (Å²) < 4.78 is 30.7. The average molecular weight is 115 g/mol. The zero-order chi connectivity index (χ0) is 5.15. The molecule has 0 aliphatic carbocycles. The maximum absolute atomic E-state index is 10.7. The fraction of sp³-hybridized carbons (Fsp3) is 1.00. The summed E-state index contributed by atoms with van der Waals surface area (Å²) in [6.45, 7) is 0. The summed E-state index contributed by atoms with van der Waals surface area (Å²) in [5, 5.41) is 4.16. The Morgan fingerprint density at radius 3 is 1.83 bits per heavy atom. The van der Waals surface area contributed by atoms with Gasteiger partial charge in [0.25, 0.3) is 0 Å². The van der Waals surface area contributed by atoms with E-state index >= 15 is 0 Å². The van der Waals surface area contributed by atoms with Gasteiger partial charge in [0.1, 0.15) is 0 Å². The van der Waals surface area contributed by atoms with Crippen LogP contribution in [0, 0.1) is 0 Å². The van der Waals surface area contributed by atoms with Gasteiger partial charge < -0.3 is 0 Å². The molecule has 0 aromatic rings. The molecular weight excluding hydrogens is 112 g/mol. The molecule has 0 spiro atoms. The number of hydrogen-bond acceptors (Lipinski definition) is 1. The third kappa shape index (κ3) is 2.22. The van der Waals surface area contributed by atoms with Crippen LogP contribution >= 0.6 is 0 Å². The van der Waals surface area contributed by atoms with Gasteiger partial charge in [-0.25, -0.2) is 9.35 Å². The maximum atomic E-state index is 10.7. The van der Waals surface area contributed by atoms with Gasteiger partial charge in [-0.1, -0.05) is 0 Å². The molecular formula is CH3F2NOS. The van der Waals surface area contributed by atoms with Gasteiger partial charge in [-0.15, -0.1) is 0 Å². The van der Waals surface area contributed by atoms with E-state index in [0.29, 0.717) is 0 Å². The zero-order valence-corrected chi connectivity index (χ0v) is 3.54. The minimum Gasteiger partial charge on any atom is -0.247 e. The molecule has 38 valence electrons. The van der Waals surface area contributed by atoms with Gasteiger partial charge in [-0.05, 0) is 0 Å². The van der Waals surface area contributed by atoms with Crippen LogP contribution in [0.3, 0.4) is 0 Å². The van der Waals surface area contributed by atoms with E-state index in [2.05, 4.69) is 5.14 Å². The highest BCUT2D eigenvalue weighted by Crippen LogP contribution is 1.90. The topological polar surface area (TPSA) is 43.1 Å². The highest BCUT2D eigenvalue weighted by molar-refractivity contribution is 7.82. The molecule has 0 aliphatic rings. The Kier molecular flexibility index (Phi) is 2.19. The highest BCUT2D eigenvalue weighted by Gasteiger charge is 2.04. The van der Waals surface area contributed by atoms with Crippen molar-refractivity contribution in [1.29, 1.82) is 0 Å². The van der Waals surface area contributed by atoms with E-state index in [-0.39, 0.29) is 0 Å². The SMILES string of the molecule is NS(=O)C(F)F. The Morgan fingerprint density at radius 2 is 1.83 bits per heavy atom. The molecule has 0 radical (unpaired) electrons. The fourth-order valence-corrected chi connectivity index (χ4v) is 0. The van der Waals surface area contributed by atoms with E-state index in [1.54, 1.807) is 0 Å². The Bertz CT molecular complexity index is 64.6. The molecule has 0 saturated carbocycles. The fourth-order valence-electron chi connectivity index (χ4n) is 0. The molecule has 0 saturated heterocycles. The van der Waals surface area contributed by atoms with Gasteiger partial charge in [-0.2, -0.15) is 8.78 Å². The molecule has 6 heavy (non-hydrogen) atoms. The van der Waals surface area contributed by atoms with Crippen LogP contribution in [0.15, 0.2) is 0 Å². The monoisotopic (exact) mass is 115 g/mol. The quantitative estimate of drug-likeness (QED) is 0.506. The average Bonchev–Trinajstić information content (AvgIpc) is 1.36. The number of alkyl halides is 2. The van der Waals surface area contributed by atoms with Crippen molar-refractivity contribution < 1.29 is 13.0 Å². The van der Waals surface area contributed by atoms with Crippen LogP contribution in [0.4, 0.5) is 8.78 Å². The molecule has 0 aromatic carbocycles. The number of hydrogen-bond donors (Lipinski definition) is 1. The van der Waals surface area contributed by atoms with Gasteiger partial charge in [0.05, 0.1) is 0 Å². The van der Waals surface area contributed by atoms with Crippen LogP contribution in [0.5, 0.6) is 0 Å². The largest absolute Gasteiger partial charge is 0.325 e. The van der Waals surface area contributed by atoms with Crippen molar-refractivity contribution in [1.82, 2.24) is 0 Å². The molecule has 0 aliphatic heterocycles. The first-order valence-corrected chi connectivity index (χ1v) is 2.35. The molecule has 1 atom stereocenters. The predicted octanol–water partition coefficient (Wildman–Crippen LogP) is -0.169. The van der Waals surface area contributed by atoms with Crippen LogP contribution in [0.25, 0.3) is 0 Å². The summed E-state index contributed by atoms with van der Waals surface area (Å²) in [6, 6.07) is 0. The van der Waals surface area contributed by atoms with E-state index in [1.165, 1.54) is 0 Å². The van der Waals surface area contributed by atoms with Crippen molar-refractivity contribution >= 4 is 11.0 Å². The van der Waals surface area contributed by atoms with Gasteiger partial charge in [-0.3, -0.25) is 0 Å². The maximum Gasteiger partial charge on any atom is 0.325 e. The second kappa shape index (κ2) is 2.20. The van der Waals surface area contributed by atoms with Crippen molar-refractivity contribution in [3.05, 3.63) is 0 Å². The van der Waals surface area contributed by atoms with E-state index < -0.39 is 16.7 Å². The van der Waals surface area contributed by atoms with Crippen molar-refractivity contribution in [2.45, 2.75) is 5.76 Å². The number of halogens is 2. The molecule has 2 nitrogen and oxygen atoms in total. The summed E-state index contributed by atoms with van der Waals surface area (Å²) in [4.78, 5) is 0. The summed E-state index contributed by atoms with van der Waals surface area (Å²) in [7, 11) is -2.45. The summed E-state index contributed by atoms with van der Waals surface area (Å²) in [5.74, 6) is -2.90. The van der Waals surface area contributed by atoms with Crippen molar-refractivity contribution in [2.75, 3.05) is 0 Å². The lowest BCUT2D eigenvalue weighted by molar-refractivity contribution is 0.244. The van der Waals surface area contributed by atoms with Gasteiger partial charge in [0.2, 0.25) is 0 Å². The predicted molar refractivity (Wildman–Crippen MR) is 18.3 cm³/mol. The van der Waals surface area contributed by atoms with E-state index in [0.717, 1.165) is 0 Å². The highest BCUT2D eigenvalue weighted by atomic mass is 32.2. The van der Waals surface area contributed by atoms with E-state index in [1.807, 2.05) is 0 Å².